The molecule has 1 saturated carbocycles. The summed E-state index contributed by atoms with van der Waals surface area (Å²) in [6.07, 6.45) is 4.24. The van der Waals surface area contributed by atoms with Crippen molar-refractivity contribution in [2.24, 2.45) is 0 Å². The summed E-state index contributed by atoms with van der Waals surface area (Å²) >= 11 is 0. The van der Waals surface area contributed by atoms with E-state index in [9.17, 15) is 0 Å². The maximum atomic E-state index is 5.59. The van der Waals surface area contributed by atoms with Crippen molar-refractivity contribution in [2.45, 2.75) is 25.0 Å². The van der Waals surface area contributed by atoms with E-state index in [1.165, 1.54) is 12.8 Å². The molecule has 1 aliphatic carbocycles. The van der Waals surface area contributed by atoms with Crippen molar-refractivity contribution in [3.05, 3.63) is 12.2 Å². The molecule has 5 heteroatoms. The maximum Gasteiger partial charge on any atom is 0.164 e. The zero-order valence-electron chi connectivity index (χ0n) is 7.93. The number of ether oxygens (including phenoxy) is 2. The highest BCUT2D eigenvalue weighted by molar-refractivity contribution is 4.99. The van der Waals surface area contributed by atoms with Crippen molar-refractivity contribution < 1.29 is 9.47 Å². The van der Waals surface area contributed by atoms with E-state index in [2.05, 4.69) is 14.8 Å². The second-order valence-electron chi connectivity index (χ2n) is 3.76. The fourth-order valence-corrected chi connectivity index (χ4v) is 1.75. The molecular formula is C9H13N3O2. The van der Waals surface area contributed by atoms with Crippen LogP contribution in [0.5, 0.6) is 0 Å². The molecule has 0 bridgehead atoms. The van der Waals surface area contributed by atoms with Crippen LogP contribution in [0.3, 0.4) is 0 Å². The van der Waals surface area contributed by atoms with Crippen molar-refractivity contribution in [3.8, 4) is 0 Å². The number of rotatable bonds is 2. The van der Waals surface area contributed by atoms with Gasteiger partial charge >= 0.3 is 0 Å². The van der Waals surface area contributed by atoms with Crippen LogP contribution in [0.25, 0.3) is 0 Å². The second-order valence-corrected chi connectivity index (χ2v) is 3.76. The van der Waals surface area contributed by atoms with E-state index in [4.69, 9.17) is 9.47 Å². The minimum absolute atomic E-state index is 0.0214. The summed E-state index contributed by atoms with van der Waals surface area (Å²) in [6.45, 7) is 1.95. The lowest BCUT2D eigenvalue weighted by molar-refractivity contribution is -0.0948. The van der Waals surface area contributed by atoms with Gasteiger partial charge < -0.3 is 14.0 Å². The second kappa shape index (κ2) is 3.33. The summed E-state index contributed by atoms with van der Waals surface area (Å²) < 4.78 is 13.1. The van der Waals surface area contributed by atoms with Gasteiger partial charge in [0.1, 0.15) is 12.4 Å². The van der Waals surface area contributed by atoms with Gasteiger partial charge in [0.2, 0.25) is 0 Å². The molecule has 0 spiro atoms. The van der Waals surface area contributed by atoms with Crippen LogP contribution >= 0.6 is 0 Å². The third-order valence-corrected chi connectivity index (χ3v) is 2.64. The molecule has 0 aromatic carbocycles. The molecule has 3 rings (SSSR count). The Kier molecular flexibility index (Phi) is 1.99. The Hall–Kier alpha value is -0.940. The Bertz CT molecular complexity index is 316. The average Bonchev–Trinajstić information content (AvgIpc) is 2.98. The largest absolute Gasteiger partial charge is 0.376 e. The smallest absolute Gasteiger partial charge is 0.164 e. The zero-order chi connectivity index (χ0) is 9.38. The van der Waals surface area contributed by atoms with Crippen LogP contribution in [0.1, 0.15) is 30.8 Å². The highest BCUT2D eigenvalue weighted by Crippen LogP contribution is 2.36. The van der Waals surface area contributed by atoms with Crippen LogP contribution in [0.4, 0.5) is 0 Å². The maximum absolute atomic E-state index is 5.59. The highest BCUT2D eigenvalue weighted by Gasteiger charge is 2.30. The van der Waals surface area contributed by atoms with Crippen molar-refractivity contribution in [1.82, 2.24) is 14.8 Å². The van der Waals surface area contributed by atoms with E-state index in [1.54, 1.807) is 6.33 Å². The molecule has 2 heterocycles. The van der Waals surface area contributed by atoms with E-state index in [1.807, 2.05) is 0 Å². The lowest BCUT2D eigenvalue weighted by atomic mass is 10.3. The van der Waals surface area contributed by atoms with E-state index in [0.717, 1.165) is 5.82 Å². The van der Waals surface area contributed by atoms with Crippen molar-refractivity contribution in [3.63, 3.8) is 0 Å². The standard InChI is InChI=1S/C9H13N3O2/c1-2-7(1)12-6-10-11-9(12)8-5-13-3-4-14-8/h6-8H,1-5H2. The highest BCUT2D eigenvalue weighted by atomic mass is 16.6. The summed E-state index contributed by atoms with van der Waals surface area (Å²) in [6, 6.07) is 0.602. The Labute approximate surface area is 82.0 Å². The third-order valence-electron chi connectivity index (χ3n) is 2.64. The predicted molar refractivity (Wildman–Crippen MR) is 47.8 cm³/mol. The van der Waals surface area contributed by atoms with Gasteiger partial charge in [-0.05, 0) is 12.8 Å². The van der Waals surface area contributed by atoms with Gasteiger partial charge in [0.05, 0.1) is 19.8 Å². The summed E-state index contributed by atoms with van der Waals surface area (Å²) in [5, 5.41) is 8.05. The minimum atomic E-state index is -0.0214. The fraction of sp³-hybridized carbons (Fsp3) is 0.778. The Morgan fingerprint density at radius 3 is 3.00 bits per heavy atom. The molecule has 2 fully saturated rings. The molecule has 0 amide bonds. The molecule has 1 aromatic rings. The van der Waals surface area contributed by atoms with Gasteiger partial charge in [0, 0.05) is 6.04 Å². The topological polar surface area (TPSA) is 49.2 Å². The molecule has 1 aromatic heterocycles. The molecule has 2 aliphatic rings. The van der Waals surface area contributed by atoms with Gasteiger partial charge in [0.15, 0.2) is 5.82 Å². The Balaban J connectivity index is 1.82. The van der Waals surface area contributed by atoms with Gasteiger partial charge in [-0.3, -0.25) is 0 Å². The van der Waals surface area contributed by atoms with Crippen LogP contribution in [0.2, 0.25) is 0 Å². The molecule has 1 unspecified atom stereocenters. The first-order valence-corrected chi connectivity index (χ1v) is 5.04. The quantitative estimate of drug-likeness (QED) is 0.697. The first-order valence-electron chi connectivity index (χ1n) is 5.04. The summed E-state index contributed by atoms with van der Waals surface area (Å²) in [5.41, 5.74) is 0. The van der Waals surface area contributed by atoms with Crippen LogP contribution in [0.15, 0.2) is 6.33 Å². The van der Waals surface area contributed by atoms with Crippen LogP contribution in [0, 0.1) is 0 Å². The first kappa shape index (κ1) is 8.38. The van der Waals surface area contributed by atoms with Crippen LogP contribution < -0.4 is 0 Å². The monoisotopic (exact) mass is 195 g/mol. The van der Waals surface area contributed by atoms with E-state index < -0.39 is 0 Å². The normalized spacial score (nSPS) is 27.9. The van der Waals surface area contributed by atoms with E-state index in [-0.39, 0.29) is 6.10 Å². The van der Waals surface area contributed by atoms with Gasteiger partial charge in [-0.25, -0.2) is 0 Å². The predicted octanol–water partition coefficient (Wildman–Crippen LogP) is 0.701. The number of nitrogens with zero attached hydrogens (tertiary/aromatic N) is 3. The molecule has 14 heavy (non-hydrogen) atoms. The summed E-state index contributed by atoms with van der Waals surface area (Å²) in [7, 11) is 0. The minimum Gasteiger partial charge on any atom is -0.376 e. The number of hydrogen-bond donors (Lipinski definition) is 0. The molecular weight excluding hydrogens is 182 g/mol. The third kappa shape index (κ3) is 1.42. The molecule has 1 saturated heterocycles. The van der Waals surface area contributed by atoms with E-state index in [0.29, 0.717) is 25.9 Å². The Morgan fingerprint density at radius 2 is 2.29 bits per heavy atom. The summed E-state index contributed by atoms with van der Waals surface area (Å²) in [4.78, 5) is 0. The first-order chi connectivity index (χ1) is 6.95. The molecule has 1 aliphatic heterocycles. The van der Waals surface area contributed by atoms with Gasteiger partial charge in [0.25, 0.3) is 0 Å². The molecule has 1 atom stereocenters. The molecule has 5 nitrogen and oxygen atoms in total. The average molecular weight is 195 g/mol. The molecule has 0 radical (unpaired) electrons. The lowest BCUT2D eigenvalue weighted by Gasteiger charge is -2.22. The number of hydrogen-bond acceptors (Lipinski definition) is 4. The van der Waals surface area contributed by atoms with Gasteiger partial charge in [-0.15, -0.1) is 10.2 Å². The van der Waals surface area contributed by atoms with Crippen LogP contribution in [-0.4, -0.2) is 34.6 Å². The van der Waals surface area contributed by atoms with Crippen molar-refractivity contribution in [2.75, 3.05) is 19.8 Å². The molecule has 0 N–H and O–H groups in total. The fourth-order valence-electron chi connectivity index (χ4n) is 1.75. The van der Waals surface area contributed by atoms with Gasteiger partial charge in [-0.2, -0.15) is 0 Å². The van der Waals surface area contributed by atoms with Crippen molar-refractivity contribution in [1.29, 1.82) is 0 Å². The van der Waals surface area contributed by atoms with Crippen molar-refractivity contribution >= 4 is 0 Å². The summed E-state index contributed by atoms with van der Waals surface area (Å²) in [5.74, 6) is 0.923. The van der Waals surface area contributed by atoms with E-state index >= 15 is 0 Å². The van der Waals surface area contributed by atoms with Crippen LogP contribution in [-0.2, 0) is 9.47 Å². The SMILES string of the molecule is c1nnc(C2COCCO2)n1C1CC1. The van der Waals surface area contributed by atoms with Gasteiger partial charge in [-0.1, -0.05) is 0 Å². The molecule has 76 valence electrons. The Morgan fingerprint density at radius 1 is 1.36 bits per heavy atom. The zero-order valence-corrected chi connectivity index (χ0v) is 7.93. The number of aromatic nitrogens is 3. The lowest BCUT2D eigenvalue weighted by Crippen LogP contribution is -2.24.